The molecule has 9 heavy (non-hydrogen) atoms. The van der Waals surface area contributed by atoms with E-state index in [2.05, 4.69) is 31.9 Å². The lowest BCUT2D eigenvalue weighted by atomic mass is 10.2. The number of rotatable bonds is 4. The number of halogens is 2. The van der Waals surface area contributed by atoms with Crippen LogP contribution in [0.25, 0.3) is 0 Å². The number of carbonyl (C=O) groups is 1. The third-order valence-electron chi connectivity index (χ3n) is 0.859. The maximum atomic E-state index is 10.1. The lowest BCUT2D eigenvalue weighted by molar-refractivity contribution is -0.136. The van der Waals surface area contributed by atoms with E-state index in [0.717, 1.165) is 11.8 Å². The zero-order valence-electron chi connectivity index (χ0n) is 4.81. The van der Waals surface area contributed by atoms with Crippen LogP contribution >= 0.6 is 31.9 Å². The van der Waals surface area contributed by atoms with Crippen molar-refractivity contribution in [1.29, 1.82) is 0 Å². The van der Waals surface area contributed by atoms with Crippen LogP contribution in [0.3, 0.4) is 0 Å². The van der Waals surface area contributed by atoms with Crippen LogP contribution in [0.2, 0.25) is 0 Å². The first kappa shape index (κ1) is 9.43. The standard InChI is InChI=1S/C5H8Br2O2/c6-3-1-2-4(7)5(8)9/h4H,1-3H2,(H,8,9). The van der Waals surface area contributed by atoms with Crippen LogP contribution in [0.4, 0.5) is 0 Å². The molecular formula is C5H8Br2O2. The summed E-state index contributed by atoms with van der Waals surface area (Å²) < 4.78 is 0. The van der Waals surface area contributed by atoms with E-state index in [4.69, 9.17) is 5.11 Å². The molecule has 0 heterocycles. The van der Waals surface area contributed by atoms with Crippen molar-refractivity contribution in [3.8, 4) is 0 Å². The van der Waals surface area contributed by atoms with Crippen LogP contribution in [-0.2, 0) is 4.79 Å². The maximum Gasteiger partial charge on any atom is 0.317 e. The third kappa shape index (κ3) is 4.90. The van der Waals surface area contributed by atoms with E-state index in [1.165, 1.54) is 0 Å². The zero-order chi connectivity index (χ0) is 7.28. The van der Waals surface area contributed by atoms with Crippen molar-refractivity contribution in [2.24, 2.45) is 0 Å². The summed E-state index contributed by atoms with van der Waals surface area (Å²) in [6, 6.07) is 0. The highest BCUT2D eigenvalue weighted by Gasteiger charge is 2.10. The van der Waals surface area contributed by atoms with E-state index in [0.29, 0.717) is 6.42 Å². The SMILES string of the molecule is O=C(O)C(Br)CCCBr. The summed E-state index contributed by atoms with van der Waals surface area (Å²) in [4.78, 5) is 9.76. The lowest BCUT2D eigenvalue weighted by Crippen LogP contribution is -2.12. The third-order valence-corrected chi connectivity index (χ3v) is 2.27. The molecule has 0 bridgehead atoms. The molecule has 0 radical (unpaired) electrons. The first-order valence-corrected chi connectivity index (χ1v) is 4.65. The van der Waals surface area contributed by atoms with Gasteiger partial charge in [0.15, 0.2) is 0 Å². The molecule has 0 aromatic carbocycles. The minimum atomic E-state index is -0.782. The fraction of sp³-hybridized carbons (Fsp3) is 0.800. The highest BCUT2D eigenvalue weighted by atomic mass is 79.9. The highest BCUT2D eigenvalue weighted by molar-refractivity contribution is 9.10. The van der Waals surface area contributed by atoms with Gasteiger partial charge in [0.25, 0.3) is 0 Å². The first-order chi connectivity index (χ1) is 4.18. The minimum Gasteiger partial charge on any atom is -0.480 e. The van der Waals surface area contributed by atoms with Crippen LogP contribution in [0.5, 0.6) is 0 Å². The van der Waals surface area contributed by atoms with Gasteiger partial charge < -0.3 is 5.11 Å². The fourth-order valence-corrected chi connectivity index (χ4v) is 1.03. The van der Waals surface area contributed by atoms with Crippen LogP contribution in [0.1, 0.15) is 12.8 Å². The normalized spacial score (nSPS) is 13.1. The molecule has 0 aliphatic carbocycles. The number of carboxylic acid groups (broad SMARTS) is 1. The minimum absolute atomic E-state index is 0.380. The summed E-state index contributed by atoms with van der Waals surface area (Å²) in [5.74, 6) is -0.782. The molecule has 2 nitrogen and oxygen atoms in total. The van der Waals surface area contributed by atoms with E-state index in [1.807, 2.05) is 0 Å². The molecule has 4 heteroatoms. The molecule has 0 saturated carbocycles. The van der Waals surface area contributed by atoms with Crippen molar-refractivity contribution in [2.75, 3.05) is 5.33 Å². The summed E-state index contributed by atoms with van der Waals surface area (Å²) in [6.45, 7) is 0. The van der Waals surface area contributed by atoms with Crippen molar-refractivity contribution in [1.82, 2.24) is 0 Å². The Kier molecular flexibility index (Phi) is 5.48. The van der Waals surface area contributed by atoms with Gasteiger partial charge in [0.2, 0.25) is 0 Å². The molecule has 0 rings (SSSR count). The molecule has 54 valence electrons. The Hall–Kier alpha value is 0.430. The quantitative estimate of drug-likeness (QED) is 0.785. The molecule has 0 amide bonds. The molecule has 0 spiro atoms. The summed E-state index contributed by atoms with van der Waals surface area (Å²) >= 11 is 6.24. The second-order valence-corrected chi connectivity index (χ2v) is 3.54. The molecule has 0 aromatic rings. The number of carboxylic acids is 1. The Morgan fingerprint density at radius 2 is 2.22 bits per heavy atom. The molecule has 1 atom stereocenters. The topological polar surface area (TPSA) is 37.3 Å². The van der Waals surface area contributed by atoms with Gasteiger partial charge in [0.05, 0.1) is 0 Å². The van der Waals surface area contributed by atoms with Crippen molar-refractivity contribution < 1.29 is 9.90 Å². The maximum absolute atomic E-state index is 10.1. The Labute approximate surface area is 70.9 Å². The van der Waals surface area contributed by atoms with Crippen LogP contribution in [-0.4, -0.2) is 21.2 Å². The summed E-state index contributed by atoms with van der Waals surface area (Å²) in [5, 5.41) is 9.21. The highest BCUT2D eigenvalue weighted by Crippen LogP contribution is 2.08. The fourth-order valence-electron chi connectivity index (χ4n) is 0.380. The summed E-state index contributed by atoms with van der Waals surface area (Å²) in [7, 11) is 0. The van der Waals surface area contributed by atoms with Crippen molar-refractivity contribution in [3.63, 3.8) is 0 Å². The van der Waals surface area contributed by atoms with E-state index in [-0.39, 0.29) is 4.83 Å². The van der Waals surface area contributed by atoms with Gasteiger partial charge in [0.1, 0.15) is 4.83 Å². The van der Waals surface area contributed by atoms with Gasteiger partial charge in [-0.1, -0.05) is 31.9 Å². The number of alkyl halides is 2. The molecule has 0 aromatic heterocycles. The van der Waals surface area contributed by atoms with Gasteiger partial charge in [-0.25, -0.2) is 0 Å². The Bertz CT molecular complexity index is 95.0. The molecule has 1 N–H and O–H groups in total. The number of hydrogen-bond donors (Lipinski definition) is 1. The Balaban J connectivity index is 3.27. The molecule has 0 aliphatic heterocycles. The molecule has 1 unspecified atom stereocenters. The first-order valence-electron chi connectivity index (χ1n) is 2.61. The predicted octanol–water partition coefficient (Wildman–Crippen LogP) is 2.01. The van der Waals surface area contributed by atoms with Gasteiger partial charge >= 0.3 is 5.97 Å². The predicted molar refractivity (Wildman–Crippen MR) is 43.4 cm³/mol. The number of hydrogen-bond acceptors (Lipinski definition) is 1. The second-order valence-electron chi connectivity index (χ2n) is 1.64. The van der Waals surface area contributed by atoms with Crippen LogP contribution in [0.15, 0.2) is 0 Å². The smallest absolute Gasteiger partial charge is 0.317 e. The van der Waals surface area contributed by atoms with Crippen molar-refractivity contribution in [2.45, 2.75) is 17.7 Å². The van der Waals surface area contributed by atoms with Crippen molar-refractivity contribution in [3.05, 3.63) is 0 Å². The number of aliphatic carboxylic acids is 1. The van der Waals surface area contributed by atoms with E-state index >= 15 is 0 Å². The summed E-state index contributed by atoms with van der Waals surface area (Å²) in [5.41, 5.74) is 0. The van der Waals surface area contributed by atoms with E-state index in [9.17, 15) is 4.79 Å². The van der Waals surface area contributed by atoms with Gasteiger partial charge in [-0.15, -0.1) is 0 Å². The molecule has 0 fully saturated rings. The van der Waals surface area contributed by atoms with Crippen LogP contribution < -0.4 is 0 Å². The summed E-state index contributed by atoms with van der Waals surface area (Å²) in [6.07, 6.45) is 1.57. The average molecular weight is 260 g/mol. The van der Waals surface area contributed by atoms with E-state index in [1.54, 1.807) is 0 Å². The molecule has 0 saturated heterocycles. The monoisotopic (exact) mass is 258 g/mol. The largest absolute Gasteiger partial charge is 0.480 e. The Morgan fingerprint density at radius 1 is 1.67 bits per heavy atom. The molecule has 0 aliphatic rings. The van der Waals surface area contributed by atoms with Gasteiger partial charge in [-0.2, -0.15) is 0 Å². The van der Waals surface area contributed by atoms with Gasteiger partial charge in [0, 0.05) is 5.33 Å². The van der Waals surface area contributed by atoms with Crippen LogP contribution in [0, 0.1) is 0 Å². The van der Waals surface area contributed by atoms with Gasteiger partial charge in [-0.3, -0.25) is 4.79 Å². The lowest BCUT2D eigenvalue weighted by Gasteiger charge is -1.99. The molecular weight excluding hydrogens is 252 g/mol. The van der Waals surface area contributed by atoms with E-state index < -0.39 is 5.97 Å². The zero-order valence-corrected chi connectivity index (χ0v) is 7.98. The van der Waals surface area contributed by atoms with Crippen molar-refractivity contribution >= 4 is 37.8 Å². The Morgan fingerprint density at radius 3 is 2.56 bits per heavy atom. The average Bonchev–Trinajstić information content (AvgIpc) is 1.82. The van der Waals surface area contributed by atoms with Gasteiger partial charge in [-0.05, 0) is 12.8 Å². The second kappa shape index (κ2) is 5.23.